The van der Waals surface area contributed by atoms with E-state index in [1.807, 2.05) is 38.0 Å². The van der Waals surface area contributed by atoms with Crippen molar-refractivity contribution in [3.63, 3.8) is 0 Å². The van der Waals surface area contributed by atoms with Gasteiger partial charge < -0.3 is 10.2 Å². The summed E-state index contributed by atoms with van der Waals surface area (Å²) < 4.78 is 0. The predicted molar refractivity (Wildman–Crippen MR) is 57.2 cm³/mol. The van der Waals surface area contributed by atoms with E-state index in [1.165, 1.54) is 0 Å². The van der Waals surface area contributed by atoms with Gasteiger partial charge in [0.25, 0.3) is 0 Å². The average Bonchev–Trinajstić information content (AvgIpc) is 2.07. The lowest BCUT2D eigenvalue weighted by Gasteiger charge is -2.26. The van der Waals surface area contributed by atoms with Crippen molar-refractivity contribution in [2.24, 2.45) is 9.98 Å². The van der Waals surface area contributed by atoms with E-state index >= 15 is 0 Å². The van der Waals surface area contributed by atoms with Gasteiger partial charge in [-0.25, -0.2) is 0 Å². The SMILES string of the molecule is CN=C(NC)N(C)C(=NC)N(C)C. The fourth-order valence-electron chi connectivity index (χ4n) is 1.17. The highest BCUT2D eigenvalue weighted by Crippen LogP contribution is 1.91. The highest BCUT2D eigenvalue weighted by atomic mass is 15.4. The van der Waals surface area contributed by atoms with Crippen LogP contribution in [-0.4, -0.2) is 64.0 Å². The Balaban J connectivity index is 4.65. The van der Waals surface area contributed by atoms with Gasteiger partial charge in [0.05, 0.1) is 0 Å². The standard InChI is InChI=1S/C8H19N5/c1-9-7(10-2)13(6)8(11-3)12(4)5/h1-6H3,(H,9,10). The molecule has 5 nitrogen and oxygen atoms in total. The summed E-state index contributed by atoms with van der Waals surface area (Å²) in [5.74, 6) is 1.64. The molecule has 0 amide bonds. The predicted octanol–water partition coefficient (Wildman–Crippen LogP) is -0.329. The quantitative estimate of drug-likeness (QED) is 0.415. The first-order valence-corrected chi connectivity index (χ1v) is 4.10. The number of hydrogen-bond acceptors (Lipinski definition) is 2. The van der Waals surface area contributed by atoms with E-state index in [4.69, 9.17) is 0 Å². The van der Waals surface area contributed by atoms with E-state index in [1.54, 1.807) is 14.1 Å². The van der Waals surface area contributed by atoms with Crippen LogP contribution in [0.1, 0.15) is 0 Å². The molecule has 0 aromatic rings. The van der Waals surface area contributed by atoms with E-state index < -0.39 is 0 Å². The van der Waals surface area contributed by atoms with Crippen molar-refractivity contribution in [1.82, 2.24) is 15.1 Å². The van der Waals surface area contributed by atoms with Crippen LogP contribution in [0, 0.1) is 0 Å². The van der Waals surface area contributed by atoms with Crippen molar-refractivity contribution in [1.29, 1.82) is 0 Å². The van der Waals surface area contributed by atoms with Gasteiger partial charge >= 0.3 is 0 Å². The third-order valence-corrected chi connectivity index (χ3v) is 1.65. The normalized spacial score (nSPS) is 12.8. The first-order valence-electron chi connectivity index (χ1n) is 4.10. The van der Waals surface area contributed by atoms with E-state index in [9.17, 15) is 0 Å². The maximum absolute atomic E-state index is 4.15. The molecule has 0 aromatic heterocycles. The Hall–Kier alpha value is -1.26. The van der Waals surface area contributed by atoms with Crippen LogP contribution in [0.2, 0.25) is 0 Å². The minimum absolute atomic E-state index is 0.786. The van der Waals surface area contributed by atoms with Gasteiger partial charge in [-0.15, -0.1) is 0 Å². The Labute approximate surface area is 80.2 Å². The summed E-state index contributed by atoms with van der Waals surface area (Å²) in [6.07, 6.45) is 0. The number of guanidine groups is 2. The van der Waals surface area contributed by atoms with Crippen molar-refractivity contribution in [2.45, 2.75) is 0 Å². The molecule has 0 aliphatic rings. The van der Waals surface area contributed by atoms with Gasteiger partial charge in [0.15, 0.2) is 5.96 Å². The molecule has 0 unspecified atom stereocenters. The van der Waals surface area contributed by atoms with Gasteiger partial charge in [0.1, 0.15) is 0 Å². The minimum Gasteiger partial charge on any atom is -0.359 e. The van der Waals surface area contributed by atoms with Gasteiger partial charge in [-0.3, -0.25) is 14.9 Å². The lowest BCUT2D eigenvalue weighted by Crippen LogP contribution is -2.46. The van der Waals surface area contributed by atoms with Crippen LogP contribution in [0.25, 0.3) is 0 Å². The summed E-state index contributed by atoms with van der Waals surface area (Å²) in [5.41, 5.74) is 0. The molecule has 0 saturated carbocycles. The van der Waals surface area contributed by atoms with Gasteiger partial charge in [0, 0.05) is 42.3 Å². The van der Waals surface area contributed by atoms with Crippen LogP contribution in [-0.2, 0) is 0 Å². The number of nitrogens with zero attached hydrogens (tertiary/aromatic N) is 4. The molecule has 1 N–H and O–H groups in total. The van der Waals surface area contributed by atoms with Crippen LogP contribution in [0.3, 0.4) is 0 Å². The summed E-state index contributed by atoms with van der Waals surface area (Å²) >= 11 is 0. The second-order valence-electron chi connectivity index (χ2n) is 2.77. The molecule has 5 heteroatoms. The Bertz CT molecular complexity index is 207. The van der Waals surface area contributed by atoms with Gasteiger partial charge in [-0.2, -0.15) is 0 Å². The van der Waals surface area contributed by atoms with E-state index in [2.05, 4.69) is 15.3 Å². The van der Waals surface area contributed by atoms with Gasteiger partial charge in [-0.1, -0.05) is 0 Å². The molecule has 0 fully saturated rings. The summed E-state index contributed by atoms with van der Waals surface area (Å²) in [5, 5.41) is 2.99. The van der Waals surface area contributed by atoms with Gasteiger partial charge in [-0.05, 0) is 0 Å². The Morgan fingerprint density at radius 1 is 1.08 bits per heavy atom. The summed E-state index contributed by atoms with van der Waals surface area (Å²) in [6.45, 7) is 0. The molecule has 0 spiro atoms. The van der Waals surface area contributed by atoms with Crippen molar-refractivity contribution in [3.05, 3.63) is 0 Å². The Kier molecular flexibility index (Phi) is 4.87. The summed E-state index contributed by atoms with van der Waals surface area (Å²) in [4.78, 5) is 12.1. The molecule has 0 atom stereocenters. The van der Waals surface area contributed by atoms with Crippen molar-refractivity contribution >= 4 is 11.9 Å². The molecule has 0 rings (SSSR count). The summed E-state index contributed by atoms with van der Waals surface area (Å²) in [7, 11) is 11.1. The molecular weight excluding hydrogens is 166 g/mol. The molecular formula is C8H19N5. The molecule has 76 valence electrons. The van der Waals surface area contributed by atoms with Crippen LogP contribution in [0.15, 0.2) is 9.98 Å². The monoisotopic (exact) mass is 185 g/mol. The maximum Gasteiger partial charge on any atom is 0.202 e. The van der Waals surface area contributed by atoms with Crippen molar-refractivity contribution in [2.75, 3.05) is 42.3 Å². The highest BCUT2D eigenvalue weighted by Gasteiger charge is 2.11. The zero-order valence-electron chi connectivity index (χ0n) is 9.29. The molecule has 0 aliphatic carbocycles. The fourth-order valence-corrected chi connectivity index (χ4v) is 1.17. The van der Waals surface area contributed by atoms with E-state index in [0.29, 0.717) is 0 Å². The smallest absolute Gasteiger partial charge is 0.202 e. The fraction of sp³-hybridized carbons (Fsp3) is 0.750. The topological polar surface area (TPSA) is 43.2 Å². The van der Waals surface area contributed by atoms with Crippen molar-refractivity contribution in [3.8, 4) is 0 Å². The molecule has 0 bridgehead atoms. The highest BCUT2D eigenvalue weighted by molar-refractivity contribution is 5.97. The molecule has 0 saturated heterocycles. The average molecular weight is 185 g/mol. The molecule has 0 aliphatic heterocycles. The third-order valence-electron chi connectivity index (χ3n) is 1.65. The van der Waals surface area contributed by atoms with Crippen LogP contribution in [0.5, 0.6) is 0 Å². The second-order valence-corrected chi connectivity index (χ2v) is 2.77. The molecule has 0 aromatic carbocycles. The van der Waals surface area contributed by atoms with Crippen molar-refractivity contribution < 1.29 is 0 Å². The number of aliphatic imine (C=N–C) groups is 2. The van der Waals surface area contributed by atoms with Crippen LogP contribution in [0.4, 0.5) is 0 Å². The lowest BCUT2D eigenvalue weighted by atomic mass is 10.6. The molecule has 13 heavy (non-hydrogen) atoms. The second kappa shape index (κ2) is 5.40. The first kappa shape index (κ1) is 11.7. The van der Waals surface area contributed by atoms with E-state index in [0.717, 1.165) is 11.9 Å². The zero-order valence-corrected chi connectivity index (χ0v) is 9.29. The third kappa shape index (κ3) is 2.93. The Morgan fingerprint density at radius 3 is 1.85 bits per heavy atom. The van der Waals surface area contributed by atoms with Crippen LogP contribution < -0.4 is 5.32 Å². The maximum atomic E-state index is 4.15. The van der Waals surface area contributed by atoms with E-state index in [-0.39, 0.29) is 0 Å². The number of hydrogen-bond donors (Lipinski definition) is 1. The van der Waals surface area contributed by atoms with Gasteiger partial charge in [0.2, 0.25) is 5.96 Å². The van der Waals surface area contributed by atoms with Crippen LogP contribution >= 0.6 is 0 Å². The Morgan fingerprint density at radius 2 is 1.62 bits per heavy atom. The summed E-state index contributed by atoms with van der Waals surface area (Å²) in [6, 6.07) is 0. The zero-order chi connectivity index (χ0) is 10.4. The molecule has 0 heterocycles. The first-order chi connectivity index (χ1) is 6.08. The molecule has 0 radical (unpaired) electrons. The lowest BCUT2D eigenvalue weighted by molar-refractivity contribution is 0.523. The minimum atomic E-state index is 0.786. The largest absolute Gasteiger partial charge is 0.359 e. The number of nitrogens with one attached hydrogen (secondary N) is 1. The number of rotatable bonds is 0.